The van der Waals surface area contributed by atoms with E-state index in [2.05, 4.69) is 4.74 Å². The van der Waals surface area contributed by atoms with Gasteiger partial charge in [-0.3, -0.25) is 0 Å². The van der Waals surface area contributed by atoms with Crippen LogP contribution in [0.25, 0.3) is 0 Å². The van der Waals surface area contributed by atoms with E-state index in [4.69, 9.17) is 9.47 Å². The minimum absolute atomic E-state index is 0.126. The molecule has 0 aromatic heterocycles. The highest BCUT2D eigenvalue weighted by Crippen LogP contribution is 2.33. The molecule has 0 spiro atoms. The molecule has 158 valence electrons. The third kappa shape index (κ3) is 6.15. The summed E-state index contributed by atoms with van der Waals surface area (Å²) < 4.78 is 52.5. The smallest absolute Gasteiger partial charge is 0.485 e. The zero-order chi connectivity index (χ0) is 21.6. The lowest BCUT2D eigenvalue weighted by Gasteiger charge is -2.19. The maximum Gasteiger partial charge on any atom is 0.573 e. The van der Waals surface area contributed by atoms with Crippen LogP contribution in [0.2, 0.25) is 0 Å². The van der Waals surface area contributed by atoms with Crippen LogP contribution in [0, 0.1) is 0 Å². The van der Waals surface area contributed by atoms with Gasteiger partial charge in [0.1, 0.15) is 18.5 Å². The molecular formula is C23H21F3O4. The molecule has 4 nitrogen and oxygen atoms in total. The van der Waals surface area contributed by atoms with Gasteiger partial charge in [0.05, 0.1) is 6.61 Å². The van der Waals surface area contributed by atoms with Gasteiger partial charge in [-0.05, 0) is 47.9 Å². The Kier molecular flexibility index (Phi) is 6.84. The van der Waals surface area contributed by atoms with Crippen molar-refractivity contribution in [1.29, 1.82) is 0 Å². The molecule has 3 aromatic carbocycles. The van der Waals surface area contributed by atoms with E-state index in [9.17, 15) is 18.3 Å². The van der Waals surface area contributed by atoms with Crippen LogP contribution in [0.1, 0.15) is 29.7 Å². The van der Waals surface area contributed by atoms with E-state index < -0.39 is 6.36 Å². The third-order valence-electron chi connectivity index (χ3n) is 4.31. The summed E-state index contributed by atoms with van der Waals surface area (Å²) in [7, 11) is 0. The largest absolute Gasteiger partial charge is 0.573 e. The summed E-state index contributed by atoms with van der Waals surface area (Å²) in [6.45, 7) is 1.89. The summed E-state index contributed by atoms with van der Waals surface area (Å²) in [5, 5.41) is 9.43. The van der Waals surface area contributed by atoms with Gasteiger partial charge < -0.3 is 19.3 Å². The van der Waals surface area contributed by atoms with Gasteiger partial charge in [-0.2, -0.15) is 0 Å². The van der Waals surface area contributed by atoms with Crippen LogP contribution in [0.15, 0.2) is 72.8 Å². The minimum atomic E-state index is -4.73. The van der Waals surface area contributed by atoms with Crippen LogP contribution >= 0.6 is 0 Å². The molecule has 0 heterocycles. The molecule has 1 N–H and O–H groups in total. The van der Waals surface area contributed by atoms with E-state index in [0.717, 1.165) is 5.56 Å². The van der Waals surface area contributed by atoms with Gasteiger partial charge in [-0.1, -0.05) is 48.5 Å². The molecule has 0 unspecified atom stereocenters. The number of aliphatic hydroxyl groups excluding tert-OH is 1. The molecule has 3 aromatic rings. The normalized spacial score (nSPS) is 12.3. The van der Waals surface area contributed by atoms with Crippen LogP contribution in [-0.4, -0.2) is 11.5 Å². The van der Waals surface area contributed by atoms with E-state index in [-0.39, 0.29) is 25.1 Å². The van der Waals surface area contributed by atoms with E-state index in [0.29, 0.717) is 22.6 Å². The molecule has 0 aliphatic rings. The number of halogens is 3. The van der Waals surface area contributed by atoms with Crippen LogP contribution in [-0.2, 0) is 13.2 Å². The van der Waals surface area contributed by atoms with Gasteiger partial charge in [-0.25, -0.2) is 0 Å². The molecule has 0 fully saturated rings. The molecule has 0 aliphatic heterocycles. The molecule has 7 heteroatoms. The Morgan fingerprint density at radius 3 is 2.17 bits per heavy atom. The molecule has 0 amide bonds. The minimum Gasteiger partial charge on any atom is -0.485 e. The quantitative estimate of drug-likeness (QED) is 0.503. The molecular weight excluding hydrogens is 397 g/mol. The summed E-state index contributed by atoms with van der Waals surface area (Å²) in [6, 6.07) is 20.2. The van der Waals surface area contributed by atoms with E-state index in [1.54, 1.807) is 18.2 Å². The van der Waals surface area contributed by atoms with E-state index in [1.165, 1.54) is 24.3 Å². The molecule has 0 aliphatic carbocycles. The SMILES string of the molecule is C[C@@H](Oc1cc(CO)ccc1OCc1ccc(OC(F)(F)F)cc1)c1ccccc1. The third-order valence-corrected chi connectivity index (χ3v) is 4.31. The van der Waals surface area contributed by atoms with Gasteiger partial charge in [0.25, 0.3) is 0 Å². The lowest BCUT2D eigenvalue weighted by atomic mass is 10.1. The average Bonchev–Trinajstić information content (AvgIpc) is 2.73. The average molecular weight is 418 g/mol. The summed E-state index contributed by atoms with van der Waals surface area (Å²) in [6.07, 6.45) is -4.98. The van der Waals surface area contributed by atoms with Crippen molar-refractivity contribution in [2.75, 3.05) is 0 Å². The number of alkyl halides is 3. The maximum atomic E-state index is 12.3. The summed E-state index contributed by atoms with van der Waals surface area (Å²) in [5.41, 5.74) is 2.32. The zero-order valence-electron chi connectivity index (χ0n) is 16.2. The van der Waals surface area contributed by atoms with Gasteiger partial charge in [-0.15, -0.1) is 13.2 Å². The highest BCUT2D eigenvalue weighted by Gasteiger charge is 2.30. The van der Waals surface area contributed by atoms with Crippen LogP contribution in [0.5, 0.6) is 17.2 Å². The van der Waals surface area contributed by atoms with Gasteiger partial charge in [0, 0.05) is 0 Å². The van der Waals surface area contributed by atoms with Gasteiger partial charge in [0.15, 0.2) is 11.5 Å². The predicted octanol–water partition coefficient (Wildman–Crippen LogP) is 5.80. The van der Waals surface area contributed by atoms with Gasteiger partial charge in [0.2, 0.25) is 0 Å². The summed E-state index contributed by atoms with van der Waals surface area (Å²) >= 11 is 0. The summed E-state index contributed by atoms with van der Waals surface area (Å²) in [5.74, 6) is 0.639. The number of hydrogen-bond donors (Lipinski definition) is 1. The highest BCUT2D eigenvalue weighted by molar-refractivity contribution is 5.43. The van der Waals surface area contributed by atoms with E-state index in [1.807, 2.05) is 37.3 Å². The maximum absolute atomic E-state index is 12.3. The standard InChI is InChI=1S/C23H21F3O4/c1-16(19-5-3-2-4-6-19)29-22-13-18(14-27)9-12-21(22)28-15-17-7-10-20(11-8-17)30-23(24,25)26/h2-13,16,27H,14-15H2,1H3/t16-/m1/s1. The molecule has 1 atom stereocenters. The van der Waals surface area contributed by atoms with Gasteiger partial charge >= 0.3 is 6.36 Å². The zero-order valence-corrected chi connectivity index (χ0v) is 16.2. The van der Waals surface area contributed by atoms with Crippen LogP contribution < -0.4 is 14.2 Å². The summed E-state index contributed by atoms with van der Waals surface area (Å²) in [4.78, 5) is 0. The van der Waals surface area contributed by atoms with Crippen LogP contribution in [0.3, 0.4) is 0 Å². The Labute approximate surface area is 172 Å². The van der Waals surface area contributed by atoms with Crippen molar-refractivity contribution in [2.24, 2.45) is 0 Å². The van der Waals surface area contributed by atoms with Crippen LogP contribution in [0.4, 0.5) is 13.2 Å². The fraction of sp³-hybridized carbons (Fsp3) is 0.217. The van der Waals surface area contributed by atoms with Crippen molar-refractivity contribution in [3.05, 3.63) is 89.5 Å². The second-order valence-corrected chi connectivity index (χ2v) is 6.59. The fourth-order valence-electron chi connectivity index (χ4n) is 2.79. The number of rotatable bonds is 8. The number of ether oxygens (including phenoxy) is 3. The Balaban J connectivity index is 1.71. The Morgan fingerprint density at radius 2 is 1.53 bits per heavy atom. The first-order valence-electron chi connectivity index (χ1n) is 9.27. The lowest BCUT2D eigenvalue weighted by Crippen LogP contribution is -2.17. The van der Waals surface area contributed by atoms with Crippen molar-refractivity contribution in [1.82, 2.24) is 0 Å². The van der Waals surface area contributed by atoms with Crippen molar-refractivity contribution in [3.63, 3.8) is 0 Å². The molecule has 30 heavy (non-hydrogen) atoms. The molecule has 0 radical (unpaired) electrons. The number of benzene rings is 3. The number of aliphatic hydroxyl groups is 1. The Hall–Kier alpha value is -3.19. The highest BCUT2D eigenvalue weighted by atomic mass is 19.4. The fourth-order valence-corrected chi connectivity index (χ4v) is 2.79. The van der Waals surface area contributed by atoms with Crippen molar-refractivity contribution >= 4 is 0 Å². The Morgan fingerprint density at radius 1 is 0.867 bits per heavy atom. The molecule has 0 saturated heterocycles. The van der Waals surface area contributed by atoms with E-state index >= 15 is 0 Å². The second kappa shape index (κ2) is 9.54. The predicted molar refractivity (Wildman–Crippen MR) is 105 cm³/mol. The monoisotopic (exact) mass is 418 g/mol. The van der Waals surface area contributed by atoms with Crippen molar-refractivity contribution < 1.29 is 32.5 Å². The first-order valence-corrected chi connectivity index (χ1v) is 9.27. The first kappa shape index (κ1) is 21.5. The molecule has 0 saturated carbocycles. The number of hydrogen-bond acceptors (Lipinski definition) is 4. The molecule has 3 rings (SSSR count). The first-order chi connectivity index (χ1) is 14.3. The Bertz CT molecular complexity index is 941. The van der Waals surface area contributed by atoms with Crippen molar-refractivity contribution in [2.45, 2.75) is 32.6 Å². The topological polar surface area (TPSA) is 47.9 Å². The molecule has 0 bridgehead atoms. The lowest BCUT2D eigenvalue weighted by molar-refractivity contribution is -0.274. The second-order valence-electron chi connectivity index (χ2n) is 6.59. The van der Waals surface area contributed by atoms with Crippen molar-refractivity contribution in [3.8, 4) is 17.2 Å².